The van der Waals surface area contributed by atoms with Gasteiger partial charge in [0.2, 0.25) is 0 Å². The lowest BCUT2D eigenvalue weighted by Crippen LogP contribution is -2.46. The maximum Gasteiger partial charge on any atom is 0.119 e. The lowest BCUT2D eigenvalue weighted by Gasteiger charge is -2.34. The van der Waals surface area contributed by atoms with Crippen LogP contribution < -0.4 is 10.1 Å². The zero-order valence-corrected chi connectivity index (χ0v) is 15.1. The minimum absolute atomic E-state index is 0.00199. The van der Waals surface area contributed by atoms with Crippen LogP contribution in [-0.2, 0) is 6.42 Å². The molecule has 1 aromatic rings. The number of hydrogen-bond donors (Lipinski definition) is 2. The van der Waals surface area contributed by atoms with Crippen LogP contribution in [0.5, 0.6) is 5.75 Å². The molecule has 22 heavy (non-hydrogen) atoms. The Morgan fingerprint density at radius 3 is 2.18 bits per heavy atom. The highest BCUT2D eigenvalue weighted by molar-refractivity contribution is 5.27. The third-order valence-electron chi connectivity index (χ3n) is 3.56. The van der Waals surface area contributed by atoms with Crippen molar-refractivity contribution in [2.24, 2.45) is 5.41 Å². The van der Waals surface area contributed by atoms with E-state index in [0.717, 1.165) is 18.6 Å². The quantitative estimate of drug-likeness (QED) is 0.767. The van der Waals surface area contributed by atoms with Gasteiger partial charge in [-0.05, 0) is 49.8 Å². The van der Waals surface area contributed by atoms with Gasteiger partial charge in [0.15, 0.2) is 0 Å². The summed E-state index contributed by atoms with van der Waals surface area (Å²) in [5, 5.41) is 13.5. The second-order valence-electron chi connectivity index (χ2n) is 7.96. The van der Waals surface area contributed by atoms with Gasteiger partial charge < -0.3 is 15.2 Å². The Bertz CT molecular complexity index is 432. The van der Waals surface area contributed by atoms with E-state index < -0.39 is 6.10 Å². The SMILES string of the molecule is CCc1ccc(OCC(O)CNC(C)(C)CC(C)(C)C)cc1. The van der Waals surface area contributed by atoms with Gasteiger partial charge in [0.05, 0.1) is 0 Å². The summed E-state index contributed by atoms with van der Waals surface area (Å²) in [6.45, 7) is 14.0. The largest absolute Gasteiger partial charge is 0.491 e. The molecular weight excluding hydrogens is 274 g/mol. The van der Waals surface area contributed by atoms with Gasteiger partial charge >= 0.3 is 0 Å². The van der Waals surface area contributed by atoms with Crippen LogP contribution in [0.15, 0.2) is 24.3 Å². The molecule has 126 valence electrons. The smallest absolute Gasteiger partial charge is 0.119 e. The molecule has 1 aromatic carbocycles. The number of ether oxygens (including phenoxy) is 1. The summed E-state index contributed by atoms with van der Waals surface area (Å²) in [5.41, 5.74) is 1.56. The van der Waals surface area contributed by atoms with Gasteiger partial charge in [0.1, 0.15) is 18.5 Å². The highest BCUT2D eigenvalue weighted by Gasteiger charge is 2.25. The van der Waals surface area contributed by atoms with E-state index in [1.807, 2.05) is 12.1 Å². The molecule has 3 nitrogen and oxygen atoms in total. The number of nitrogens with one attached hydrogen (secondary N) is 1. The van der Waals surface area contributed by atoms with Crippen LogP contribution in [0.4, 0.5) is 0 Å². The summed E-state index contributed by atoms with van der Waals surface area (Å²) in [6, 6.07) is 8.05. The lowest BCUT2D eigenvalue weighted by atomic mass is 9.82. The van der Waals surface area contributed by atoms with E-state index in [0.29, 0.717) is 13.2 Å². The molecule has 0 aromatic heterocycles. The average Bonchev–Trinajstić information content (AvgIpc) is 2.41. The first-order valence-electron chi connectivity index (χ1n) is 8.26. The van der Waals surface area contributed by atoms with Gasteiger partial charge in [-0.15, -0.1) is 0 Å². The Hall–Kier alpha value is -1.06. The van der Waals surface area contributed by atoms with E-state index >= 15 is 0 Å². The van der Waals surface area contributed by atoms with Crippen LogP contribution in [0.2, 0.25) is 0 Å². The zero-order chi connectivity index (χ0) is 16.8. The van der Waals surface area contributed by atoms with Crippen molar-refractivity contribution in [1.82, 2.24) is 5.32 Å². The molecule has 0 aliphatic rings. The minimum atomic E-state index is -0.509. The number of aliphatic hydroxyl groups is 1. The average molecular weight is 307 g/mol. The molecular formula is C19H33NO2. The molecule has 0 radical (unpaired) electrons. The third kappa shape index (κ3) is 7.81. The predicted octanol–water partition coefficient (Wildman–Crippen LogP) is 3.79. The van der Waals surface area contributed by atoms with E-state index in [-0.39, 0.29) is 11.0 Å². The summed E-state index contributed by atoms with van der Waals surface area (Å²) in [4.78, 5) is 0. The highest BCUT2D eigenvalue weighted by atomic mass is 16.5. The van der Waals surface area contributed by atoms with Crippen LogP contribution in [-0.4, -0.2) is 29.9 Å². The fourth-order valence-corrected chi connectivity index (χ4v) is 2.86. The van der Waals surface area contributed by atoms with Crippen LogP contribution in [0.1, 0.15) is 53.5 Å². The molecule has 1 atom stereocenters. The number of benzene rings is 1. The fourth-order valence-electron chi connectivity index (χ4n) is 2.86. The molecule has 3 heteroatoms. The van der Waals surface area contributed by atoms with E-state index in [9.17, 15) is 5.11 Å². The van der Waals surface area contributed by atoms with Crippen LogP contribution in [0.3, 0.4) is 0 Å². The third-order valence-corrected chi connectivity index (χ3v) is 3.56. The predicted molar refractivity (Wildman–Crippen MR) is 93.5 cm³/mol. The molecule has 0 spiro atoms. The van der Waals surface area contributed by atoms with Gasteiger partial charge in [-0.2, -0.15) is 0 Å². The molecule has 1 unspecified atom stereocenters. The number of hydrogen-bond acceptors (Lipinski definition) is 3. The topological polar surface area (TPSA) is 41.5 Å². The van der Waals surface area contributed by atoms with Gasteiger partial charge in [0.25, 0.3) is 0 Å². The van der Waals surface area contributed by atoms with Gasteiger partial charge in [-0.1, -0.05) is 39.8 Å². The Balaban J connectivity index is 2.35. The molecule has 0 heterocycles. The fraction of sp³-hybridized carbons (Fsp3) is 0.684. The molecule has 0 saturated carbocycles. The van der Waals surface area contributed by atoms with Crippen molar-refractivity contribution in [3.8, 4) is 5.75 Å². The van der Waals surface area contributed by atoms with Crippen LogP contribution in [0, 0.1) is 5.41 Å². The van der Waals surface area contributed by atoms with Crippen molar-refractivity contribution in [3.05, 3.63) is 29.8 Å². The molecule has 0 fully saturated rings. The van der Waals surface area contributed by atoms with Crippen molar-refractivity contribution < 1.29 is 9.84 Å². The first-order valence-corrected chi connectivity index (χ1v) is 8.26. The molecule has 1 rings (SSSR count). The van der Waals surface area contributed by atoms with Crippen molar-refractivity contribution in [3.63, 3.8) is 0 Å². The first-order chi connectivity index (χ1) is 10.1. The molecule has 2 N–H and O–H groups in total. The monoisotopic (exact) mass is 307 g/mol. The highest BCUT2D eigenvalue weighted by Crippen LogP contribution is 2.26. The normalized spacial score (nSPS) is 14.0. The van der Waals surface area contributed by atoms with Crippen LogP contribution in [0.25, 0.3) is 0 Å². The van der Waals surface area contributed by atoms with Crippen molar-refractivity contribution >= 4 is 0 Å². The van der Waals surface area contributed by atoms with Gasteiger partial charge in [0, 0.05) is 12.1 Å². The number of β-amino-alcohol motifs (C(OH)–C–C–N with tert-alkyl or cyclic N) is 1. The van der Waals surface area contributed by atoms with E-state index in [1.54, 1.807) is 0 Å². The number of aryl methyl sites for hydroxylation is 1. The Morgan fingerprint density at radius 2 is 1.68 bits per heavy atom. The van der Waals surface area contributed by atoms with Crippen LogP contribution >= 0.6 is 0 Å². The Kier molecular flexibility index (Phi) is 6.89. The summed E-state index contributed by atoms with van der Waals surface area (Å²) in [6.07, 6.45) is 1.56. The minimum Gasteiger partial charge on any atom is -0.491 e. The summed E-state index contributed by atoms with van der Waals surface area (Å²) in [7, 11) is 0. The lowest BCUT2D eigenvalue weighted by molar-refractivity contribution is 0.0944. The summed E-state index contributed by atoms with van der Waals surface area (Å²) >= 11 is 0. The molecule has 0 aliphatic heterocycles. The first kappa shape index (κ1) is 19.0. The maximum absolute atomic E-state index is 10.1. The second kappa shape index (κ2) is 7.98. The van der Waals surface area contributed by atoms with E-state index in [4.69, 9.17) is 4.74 Å². The Labute approximate surface area is 136 Å². The summed E-state index contributed by atoms with van der Waals surface area (Å²) < 4.78 is 5.64. The molecule has 0 bridgehead atoms. The van der Waals surface area contributed by atoms with Crippen molar-refractivity contribution in [2.75, 3.05) is 13.2 Å². The summed E-state index contributed by atoms with van der Waals surface area (Å²) in [5.74, 6) is 0.810. The van der Waals surface area contributed by atoms with Gasteiger partial charge in [-0.25, -0.2) is 0 Å². The van der Waals surface area contributed by atoms with Crippen molar-refractivity contribution in [1.29, 1.82) is 0 Å². The number of rotatable bonds is 8. The molecule has 0 amide bonds. The maximum atomic E-state index is 10.1. The number of aliphatic hydroxyl groups excluding tert-OH is 1. The van der Waals surface area contributed by atoms with Gasteiger partial charge in [-0.3, -0.25) is 0 Å². The standard InChI is InChI=1S/C19H33NO2/c1-7-15-8-10-17(11-9-15)22-13-16(21)12-20-19(5,6)14-18(2,3)4/h8-11,16,20-21H,7,12-14H2,1-6H3. The second-order valence-corrected chi connectivity index (χ2v) is 7.96. The Morgan fingerprint density at radius 1 is 1.09 bits per heavy atom. The van der Waals surface area contributed by atoms with E-state index in [2.05, 4.69) is 59.0 Å². The molecule has 0 aliphatic carbocycles. The molecule has 0 saturated heterocycles. The van der Waals surface area contributed by atoms with Crippen molar-refractivity contribution in [2.45, 2.75) is 66.0 Å². The van der Waals surface area contributed by atoms with E-state index in [1.165, 1.54) is 5.56 Å². The zero-order valence-electron chi connectivity index (χ0n) is 15.1.